The van der Waals surface area contributed by atoms with Gasteiger partial charge in [-0.05, 0) is 41.5 Å². The van der Waals surface area contributed by atoms with Gasteiger partial charge in [0.25, 0.3) is 5.91 Å². The first-order valence-electron chi connectivity index (χ1n) is 9.39. The first kappa shape index (κ1) is 22.4. The third-order valence-corrected chi connectivity index (χ3v) is 5.25. The van der Waals surface area contributed by atoms with Gasteiger partial charge < -0.3 is 10.1 Å². The Bertz CT molecular complexity index is 1170. The van der Waals surface area contributed by atoms with Crippen LogP contribution in [0.1, 0.15) is 27.0 Å². The maximum absolute atomic E-state index is 12.8. The van der Waals surface area contributed by atoms with Gasteiger partial charge in [-0.3, -0.25) is 4.79 Å². The fourth-order valence-corrected chi connectivity index (χ4v) is 3.92. The van der Waals surface area contributed by atoms with E-state index in [0.717, 1.165) is 11.8 Å². The standard InChI is InChI=1S/C23H21F2NO4S/c1-31(28,29)15-17-8-5-9-18(13-17)22(27)26-20-10-11-21(30-23(24)25)19(14-20)12-16-6-3-2-4-7-16/h2-11,13-14,23H,12,15H2,1H3,(H,26,27). The van der Waals surface area contributed by atoms with Crippen molar-refractivity contribution in [2.75, 3.05) is 11.6 Å². The molecule has 3 aromatic rings. The Morgan fingerprint density at radius 2 is 1.68 bits per heavy atom. The second-order valence-corrected chi connectivity index (χ2v) is 9.23. The average Bonchev–Trinajstić information content (AvgIpc) is 2.69. The van der Waals surface area contributed by atoms with E-state index in [4.69, 9.17) is 0 Å². The summed E-state index contributed by atoms with van der Waals surface area (Å²) in [6.07, 6.45) is 1.47. The number of halogens is 2. The van der Waals surface area contributed by atoms with Crippen molar-refractivity contribution < 1.29 is 26.7 Å². The third-order valence-electron chi connectivity index (χ3n) is 4.39. The Balaban J connectivity index is 1.83. The number of rotatable bonds is 8. The Kier molecular flexibility index (Phi) is 7.02. The van der Waals surface area contributed by atoms with Crippen molar-refractivity contribution in [1.82, 2.24) is 0 Å². The van der Waals surface area contributed by atoms with Crippen LogP contribution in [0.2, 0.25) is 0 Å². The van der Waals surface area contributed by atoms with Gasteiger partial charge in [0.15, 0.2) is 9.84 Å². The van der Waals surface area contributed by atoms with Gasteiger partial charge in [0.1, 0.15) is 5.75 Å². The van der Waals surface area contributed by atoms with Crippen LogP contribution in [0, 0.1) is 0 Å². The molecule has 0 unspecified atom stereocenters. The van der Waals surface area contributed by atoms with Gasteiger partial charge >= 0.3 is 6.61 Å². The predicted octanol–water partition coefficient (Wildman–Crippen LogP) is 4.68. The molecule has 0 heterocycles. The molecular weight excluding hydrogens is 424 g/mol. The zero-order valence-electron chi connectivity index (χ0n) is 16.7. The molecule has 0 aromatic heterocycles. The van der Waals surface area contributed by atoms with E-state index in [0.29, 0.717) is 28.8 Å². The van der Waals surface area contributed by atoms with Crippen LogP contribution in [-0.4, -0.2) is 27.2 Å². The van der Waals surface area contributed by atoms with Crippen molar-refractivity contribution in [1.29, 1.82) is 0 Å². The lowest BCUT2D eigenvalue weighted by molar-refractivity contribution is -0.0503. The lowest BCUT2D eigenvalue weighted by Gasteiger charge is -2.14. The highest BCUT2D eigenvalue weighted by molar-refractivity contribution is 7.89. The van der Waals surface area contributed by atoms with Gasteiger partial charge in [0, 0.05) is 29.5 Å². The van der Waals surface area contributed by atoms with Gasteiger partial charge in [0.2, 0.25) is 0 Å². The molecule has 0 aliphatic carbocycles. The fourth-order valence-electron chi connectivity index (χ4n) is 3.13. The van der Waals surface area contributed by atoms with E-state index in [1.807, 2.05) is 30.3 Å². The Morgan fingerprint density at radius 1 is 0.968 bits per heavy atom. The second-order valence-electron chi connectivity index (χ2n) is 7.09. The van der Waals surface area contributed by atoms with Crippen LogP contribution in [0.25, 0.3) is 0 Å². The molecule has 3 aromatic carbocycles. The zero-order chi connectivity index (χ0) is 22.4. The quantitative estimate of drug-likeness (QED) is 0.547. The molecule has 0 saturated heterocycles. The van der Waals surface area contributed by atoms with Crippen LogP contribution in [0.5, 0.6) is 5.75 Å². The Hall–Kier alpha value is -3.26. The molecule has 1 amide bonds. The minimum atomic E-state index is -3.24. The lowest BCUT2D eigenvalue weighted by atomic mass is 10.0. The summed E-state index contributed by atoms with van der Waals surface area (Å²) in [7, 11) is -3.24. The van der Waals surface area contributed by atoms with E-state index in [1.54, 1.807) is 24.3 Å². The van der Waals surface area contributed by atoms with Crippen molar-refractivity contribution in [2.45, 2.75) is 18.8 Å². The summed E-state index contributed by atoms with van der Waals surface area (Å²) in [5.41, 5.74) is 2.60. The van der Waals surface area contributed by atoms with Crippen molar-refractivity contribution >= 4 is 21.4 Å². The highest BCUT2D eigenvalue weighted by Crippen LogP contribution is 2.27. The first-order valence-corrected chi connectivity index (χ1v) is 11.5. The lowest BCUT2D eigenvalue weighted by Crippen LogP contribution is -2.13. The van der Waals surface area contributed by atoms with Crippen LogP contribution < -0.4 is 10.1 Å². The first-order chi connectivity index (χ1) is 14.7. The third kappa shape index (κ3) is 6.89. The number of alkyl halides is 2. The second kappa shape index (κ2) is 9.70. The highest BCUT2D eigenvalue weighted by atomic mass is 32.2. The van der Waals surface area contributed by atoms with Gasteiger partial charge in [-0.15, -0.1) is 0 Å². The average molecular weight is 445 g/mol. The molecule has 0 atom stereocenters. The molecule has 3 rings (SSSR count). The van der Waals surface area contributed by atoms with Crippen molar-refractivity contribution in [3.63, 3.8) is 0 Å². The Morgan fingerprint density at radius 3 is 2.35 bits per heavy atom. The maximum Gasteiger partial charge on any atom is 0.387 e. The molecule has 5 nitrogen and oxygen atoms in total. The molecule has 0 aliphatic heterocycles. The molecule has 0 bridgehead atoms. The molecular formula is C23H21F2NO4S. The van der Waals surface area contributed by atoms with E-state index in [9.17, 15) is 22.0 Å². The summed E-state index contributed by atoms with van der Waals surface area (Å²) >= 11 is 0. The fraction of sp³-hybridized carbons (Fsp3) is 0.174. The molecule has 162 valence electrons. The number of sulfone groups is 1. The molecule has 8 heteroatoms. The number of amides is 1. The van der Waals surface area contributed by atoms with E-state index in [2.05, 4.69) is 10.1 Å². The Labute approximate surface area is 179 Å². The maximum atomic E-state index is 12.8. The zero-order valence-corrected chi connectivity index (χ0v) is 17.5. The van der Waals surface area contributed by atoms with Gasteiger partial charge in [0.05, 0.1) is 5.75 Å². The minimum absolute atomic E-state index is 0.0343. The minimum Gasteiger partial charge on any atom is -0.435 e. The molecule has 0 radical (unpaired) electrons. The van der Waals surface area contributed by atoms with E-state index < -0.39 is 22.4 Å². The predicted molar refractivity (Wildman–Crippen MR) is 115 cm³/mol. The summed E-state index contributed by atoms with van der Waals surface area (Å²) in [6.45, 7) is -2.97. The number of anilines is 1. The summed E-state index contributed by atoms with van der Waals surface area (Å²) in [5.74, 6) is -0.579. The number of hydrogen-bond acceptors (Lipinski definition) is 4. The number of benzene rings is 3. The molecule has 0 aliphatic rings. The van der Waals surface area contributed by atoms with Crippen LogP contribution in [0.4, 0.5) is 14.5 Å². The van der Waals surface area contributed by atoms with Crippen LogP contribution in [0.15, 0.2) is 72.8 Å². The molecule has 0 fully saturated rings. The smallest absolute Gasteiger partial charge is 0.387 e. The van der Waals surface area contributed by atoms with E-state index >= 15 is 0 Å². The molecule has 0 spiro atoms. The summed E-state index contributed by atoms with van der Waals surface area (Å²) in [5, 5.41) is 2.72. The monoisotopic (exact) mass is 445 g/mol. The van der Waals surface area contributed by atoms with E-state index in [1.165, 1.54) is 18.2 Å². The molecule has 1 N–H and O–H groups in total. The molecule has 31 heavy (non-hydrogen) atoms. The van der Waals surface area contributed by atoms with Gasteiger partial charge in [-0.1, -0.05) is 42.5 Å². The van der Waals surface area contributed by atoms with Gasteiger partial charge in [-0.2, -0.15) is 8.78 Å². The highest BCUT2D eigenvalue weighted by Gasteiger charge is 2.14. The summed E-state index contributed by atoms with van der Waals surface area (Å²) in [6, 6.07) is 20.0. The van der Waals surface area contributed by atoms with Gasteiger partial charge in [-0.25, -0.2) is 8.42 Å². The van der Waals surface area contributed by atoms with Crippen molar-refractivity contribution in [2.24, 2.45) is 0 Å². The topological polar surface area (TPSA) is 72.5 Å². The molecule has 0 saturated carbocycles. The largest absolute Gasteiger partial charge is 0.435 e. The van der Waals surface area contributed by atoms with Crippen LogP contribution >= 0.6 is 0 Å². The number of hydrogen-bond donors (Lipinski definition) is 1. The number of ether oxygens (including phenoxy) is 1. The van der Waals surface area contributed by atoms with Crippen molar-refractivity contribution in [3.8, 4) is 5.75 Å². The van der Waals surface area contributed by atoms with Crippen LogP contribution in [0.3, 0.4) is 0 Å². The van der Waals surface area contributed by atoms with E-state index in [-0.39, 0.29) is 11.5 Å². The number of carbonyl (C=O) groups excluding carboxylic acids is 1. The summed E-state index contributed by atoms with van der Waals surface area (Å²) in [4.78, 5) is 12.7. The normalized spacial score (nSPS) is 11.4. The number of nitrogens with one attached hydrogen (secondary N) is 1. The SMILES string of the molecule is CS(=O)(=O)Cc1cccc(C(=O)Nc2ccc(OC(F)F)c(Cc3ccccc3)c2)c1. The van der Waals surface area contributed by atoms with Crippen LogP contribution in [-0.2, 0) is 22.0 Å². The summed E-state index contributed by atoms with van der Waals surface area (Å²) < 4.78 is 53.2. The van der Waals surface area contributed by atoms with Crippen molar-refractivity contribution in [3.05, 3.63) is 95.1 Å². The number of carbonyl (C=O) groups is 1.